The number of nitrogens with zero attached hydrogens (tertiary/aromatic N) is 1. The molecule has 1 aromatic carbocycles. The highest BCUT2D eigenvalue weighted by atomic mass is 16.3. The molecule has 0 aliphatic heterocycles. The molecule has 0 heterocycles. The van der Waals surface area contributed by atoms with Crippen molar-refractivity contribution < 1.29 is 9.90 Å². The third kappa shape index (κ3) is 6.60. The van der Waals surface area contributed by atoms with Gasteiger partial charge in [-0.1, -0.05) is 13.0 Å². The van der Waals surface area contributed by atoms with Crippen LogP contribution in [0.1, 0.15) is 32.8 Å². The van der Waals surface area contributed by atoms with E-state index in [4.69, 9.17) is 5.73 Å². The topological polar surface area (TPSA) is 78.6 Å². The Labute approximate surface area is 127 Å². The van der Waals surface area contributed by atoms with Gasteiger partial charge in [-0.15, -0.1) is 0 Å². The minimum Gasteiger partial charge on any atom is -0.399 e. The highest BCUT2D eigenvalue weighted by molar-refractivity contribution is 5.92. The molecule has 5 nitrogen and oxygen atoms in total. The maximum atomic E-state index is 12.0. The lowest BCUT2D eigenvalue weighted by atomic mass is 10.1. The van der Waals surface area contributed by atoms with Crippen molar-refractivity contribution in [1.29, 1.82) is 0 Å². The van der Waals surface area contributed by atoms with E-state index in [2.05, 4.69) is 10.2 Å². The average molecular weight is 293 g/mol. The Morgan fingerprint density at radius 2 is 2.10 bits per heavy atom. The van der Waals surface area contributed by atoms with E-state index >= 15 is 0 Å². The predicted molar refractivity (Wildman–Crippen MR) is 87.2 cm³/mol. The van der Waals surface area contributed by atoms with Crippen molar-refractivity contribution >= 4 is 17.3 Å². The fourth-order valence-corrected chi connectivity index (χ4v) is 2.14. The van der Waals surface area contributed by atoms with Crippen LogP contribution in [-0.2, 0) is 4.79 Å². The van der Waals surface area contributed by atoms with Crippen molar-refractivity contribution in [2.45, 2.75) is 39.7 Å². The first-order chi connectivity index (χ1) is 9.71. The second-order valence-corrected chi connectivity index (χ2v) is 6.05. The third-order valence-corrected chi connectivity index (χ3v) is 3.25. The fourth-order valence-electron chi connectivity index (χ4n) is 2.14. The zero-order valence-electron chi connectivity index (χ0n) is 13.4. The van der Waals surface area contributed by atoms with E-state index in [1.54, 1.807) is 19.9 Å². The minimum atomic E-state index is -0.753. The molecule has 1 aromatic rings. The molecule has 0 fully saturated rings. The number of likely N-dealkylation sites (N-methyl/N-ethyl adjacent to an activating group) is 1. The van der Waals surface area contributed by atoms with Crippen LogP contribution in [0.25, 0.3) is 0 Å². The van der Waals surface area contributed by atoms with Gasteiger partial charge in [0.05, 0.1) is 5.60 Å². The minimum absolute atomic E-state index is 0.0436. The van der Waals surface area contributed by atoms with Crippen LogP contribution in [0.15, 0.2) is 18.2 Å². The molecule has 5 heteroatoms. The first-order valence-electron chi connectivity index (χ1n) is 7.32. The molecule has 0 saturated carbocycles. The van der Waals surface area contributed by atoms with Crippen LogP contribution in [0, 0.1) is 6.92 Å². The number of nitrogens with one attached hydrogen (secondary N) is 1. The van der Waals surface area contributed by atoms with Gasteiger partial charge >= 0.3 is 0 Å². The van der Waals surface area contributed by atoms with Gasteiger partial charge in [-0.3, -0.25) is 4.79 Å². The molecule has 0 aliphatic carbocycles. The molecule has 118 valence electrons. The van der Waals surface area contributed by atoms with Crippen LogP contribution in [-0.4, -0.2) is 41.1 Å². The number of nitrogens with two attached hydrogens (primary N) is 1. The second-order valence-electron chi connectivity index (χ2n) is 6.05. The number of anilines is 2. The first kappa shape index (κ1) is 17.5. The van der Waals surface area contributed by atoms with Gasteiger partial charge in [0.15, 0.2) is 0 Å². The number of carbonyl (C=O) groups is 1. The highest BCUT2D eigenvalue weighted by Gasteiger charge is 2.17. The average Bonchev–Trinajstić information content (AvgIpc) is 2.37. The summed E-state index contributed by atoms with van der Waals surface area (Å²) < 4.78 is 0. The summed E-state index contributed by atoms with van der Waals surface area (Å²) in [5, 5.41) is 12.7. The van der Waals surface area contributed by atoms with E-state index in [1.165, 1.54) is 0 Å². The van der Waals surface area contributed by atoms with Crippen molar-refractivity contribution in [1.82, 2.24) is 4.90 Å². The van der Waals surface area contributed by atoms with E-state index in [1.807, 2.05) is 26.0 Å². The van der Waals surface area contributed by atoms with Crippen LogP contribution in [0.5, 0.6) is 0 Å². The highest BCUT2D eigenvalue weighted by Crippen LogP contribution is 2.18. The van der Waals surface area contributed by atoms with Crippen LogP contribution in [0.2, 0.25) is 0 Å². The summed E-state index contributed by atoms with van der Waals surface area (Å²) in [5.41, 5.74) is 7.35. The Morgan fingerprint density at radius 1 is 1.43 bits per heavy atom. The Kier molecular flexibility index (Phi) is 6.18. The van der Waals surface area contributed by atoms with Crippen LogP contribution in [0.4, 0.5) is 11.4 Å². The monoisotopic (exact) mass is 293 g/mol. The number of benzene rings is 1. The van der Waals surface area contributed by atoms with E-state index in [9.17, 15) is 9.90 Å². The van der Waals surface area contributed by atoms with Crippen molar-refractivity contribution in [3.8, 4) is 0 Å². The summed E-state index contributed by atoms with van der Waals surface area (Å²) in [7, 11) is 0. The number of aryl methyl sites for hydroxylation is 1. The Morgan fingerprint density at radius 3 is 2.67 bits per heavy atom. The smallest absolute Gasteiger partial charge is 0.225 e. The van der Waals surface area contributed by atoms with Gasteiger partial charge in [0, 0.05) is 30.9 Å². The van der Waals surface area contributed by atoms with Crippen molar-refractivity contribution in [3.63, 3.8) is 0 Å². The molecule has 0 spiro atoms. The maximum absolute atomic E-state index is 12.0. The largest absolute Gasteiger partial charge is 0.399 e. The molecule has 1 amide bonds. The molecule has 0 atom stereocenters. The van der Waals surface area contributed by atoms with E-state index in [-0.39, 0.29) is 5.91 Å². The van der Waals surface area contributed by atoms with Crippen molar-refractivity contribution in [3.05, 3.63) is 23.8 Å². The van der Waals surface area contributed by atoms with E-state index in [0.717, 1.165) is 17.8 Å². The number of rotatable bonds is 7. The Hall–Kier alpha value is -1.59. The zero-order chi connectivity index (χ0) is 16.0. The second kappa shape index (κ2) is 7.43. The molecule has 0 bridgehead atoms. The van der Waals surface area contributed by atoms with Gasteiger partial charge in [0.1, 0.15) is 0 Å². The normalized spacial score (nSPS) is 11.7. The SMILES string of the molecule is CCN(CCC(=O)Nc1cc(N)ccc1C)CC(C)(C)O. The number of hydrogen-bond donors (Lipinski definition) is 3. The third-order valence-electron chi connectivity index (χ3n) is 3.25. The van der Waals surface area contributed by atoms with Gasteiger partial charge in [0.2, 0.25) is 5.91 Å². The summed E-state index contributed by atoms with van der Waals surface area (Å²) in [5.74, 6) is -0.0436. The zero-order valence-corrected chi connectivity index (χ0v) is 13.4. The maximum Gasteiger partial charge on any atom is 0.225 e. The van der Waals surface area contributed by atoms with Crippen molar-refractivity contribution in [2.24, 2.45) is 0 Å². The molecule has 0 aromatic heterocycles. The van der Waals surface area contributed by atoms with E-state index in [0.29, 0.717) is 25.2 Å². The Bertz CT molecular complexity index is 481. The van der Waals surface area contributed by atoms with Gasteiger partial charge in [-0.2, -0.15) is 0 Å². The summed E-state index contributed by atoms with van der Waals surface area (Å²) in [6.07, 6.45) is 0.387. The molecule has 1 rings (SSSR count). The summed E-state index contributed by atoms with van der Waals surface area (Å²) in [6.45, 7) is 9.46. The van der Waals surface area contributed by atoms with Crippen LogP contribution < -0.4 is 11.1 Å². The molecule has 4 N–H and O–H groups in total. The predicted octanol–water partition coefficient (Wildman–Crippen LogP) is 2.00. The molecular weight excluding hydrogens is 266 g/mol. The summed E-state index contributed by atoms with van der Waals surface area (Å²) >= 11 is 0. The molecule has 0 unspecified atom stereocenters. The molecule has 21 heavy (non-hydrogen) atoms. The van der Waals surface area contributed by atoms with Gasteiger partial charge in [-0.25, -0.2) is 0 Å². The van der Waals surface area contributed by atoms with Gasteiger partial charge in [-0.05, 0) is 45.0 Å². The van der Waals surface area contributed by atoms with Crippen molar-refractivity contribution in [2.75, 3.05) is 30.7 Å². The van der Waals surface area contributed by atoms with Gasteiger partial charge < -0.3 is 21.1 Å². The lowest BCUT2D eigenvalue weighted by Gasteiger charge is -2.27. The van der Waals surface area contributed by atoms with Crippen LogP contribution >= 0.6 is 0 Å². The lowest BCUT2D eigenvalue weighted by molar-refractivity contribution is -0.116. The summed E-state index contributed by atoms with van der Waals surface area (Å²) in [6, 6.07) is 5.46. The molecule has 0 aliphatic rings. The Balaban J connectivity index is 2.52. The number of carbonyl (C=O) groups excluding carboxylic acids is 1. The number of nitrogen functional groups attached to an aromatic ring is 1. The molecule has 0 radical (unpaired) electrons. The quantitative estimate of drug-likeness (QED) is 0.672. The molecular formula is C16H27N3O2. The number of hydrogen-bond acceptors (Lipinski definition) is 4. The number of aliphatic hydroxyl groups is 1. The lowest BCUT2D eigenvalue weighted by Crippen LogP contribution is -2.39. The number of amides is 1. The van der Waals surface area contributed by atoms with Gasteiger partial charge in [0.25, 0.3) is 0 Å². The standard InChI is InChI=1S/C16H27N3O2/c1-5-19(11-16(3,4)21)9-8-15(20)18-14-10-13(17)7-6-12(14)2/h6-7,10,21H,5,8-9,11,17H2,1-4H3,(H,18,20). The van der Waals surface area contributed by atoms with Crippen LogP contribution in [0.3, 0.4) is 0 Å². The van der Waals surface area contributed by atoms with E-state index < -0.39 is 5.60 Å². The summed E-state index contributed by atoms with van der Waals surface area (Å²) in [4.78, 5) is 14.1. The first-order valence-corrected chi connectivity index (χ1v) is 7.32. The fraction of sp³-hybridized carbons (Fsp3) is 0.562. The molecule has 0 saturated heterocycles.